The highest BCUT2D eigenvalue weighted by molar-refractivity contribution is 5.85. The summed E-state index contributed by atoms with van der Waals surface area (Å²) in [5.41, 5.74) is 5.57. The maximum atomic E-state index is 11.8. The zero-order valence-corrected chi connectivity index (χ0v) is 11.7. The third kappa shape index (κ3) is 4.40. The first-order valence-electron chi connectivity index (χ1n) is 6.43. The Labute approximate surface area is 120 Å². The lowest BCUT2D eigenvalue weighted by Crippen LogP contribution is -2.52. The average Bonchev–Trinajstić information content (AvgIpc) is 2.87. The number of benzene rings is 1. The van der Waals surface area contributed by atoms with Gasteiger partial charge in [-0.3, -0.25) is 4.79 Å². The van der Waals surface area contributed by atoms with Crippen LogP contribution in [0.15, 0.2) is 30.3 Å². The molecule has 1 aliphatic carbocycles. The zero-order chi connectivity index (χ0) is 12.8. The molecule has 0 atom stereocenters. The molecule has 4 nitrogen and oxygen atoms in total. The smallest absolute Gasteiger partial charge is 0.258 e. The highest BCUT2D eigenvalue weighted by atomic mass is 35.5. The molecule has 1 fully saturated rings. The van der Waals surface area contributed by atoms with E-state index in [0.717, 1.165) is 25.7 Å². The van der Waals surface area contributed by atoms with Crippen molar-refractivity contribution in [2.24, 2.45) is 5.73 Å². The number of carbonyl (C=O) groups excluding carboxylic acids is 1. The Morgan fingerprint density at radius 1 is 1.26 bits per heavy atom. The van der Waals surface area contributed by atoms with Crippen LogP contribution in [0.4, 0.5) is 0 Å². The number of carbonyl (C=O) groups is 1. The van der Waals surface area contributed by atoms with Crippen LogP contribution in [0.2, 0.25) is 0 Å². The maximum Gasteiger partial charge on any atom is 0.258 e. The average molecular weight is 285 g/mol. The van der Waals surface area contributed by atoms with Crippen molar-refractivity contribution >= 4 is 18.3 Å². The van der Waals surface area contributed by atoms with Gasteiger partial charge in [0.1, 0.15) is 5.75 Å². The Bertz CT molecular complexity index is 392. The van der Waals surface area contributed by atoms with Crippen LogP contribution in [0.5, 0.6) is 5.75 Å². The second-order valence-electron chi connectivity index (χ2n) is 4.84. The summed E-state index contributed by atoms with van der Waals surface area (Å²) >= 11 is 0. The standard InChI is InChI=1S/C14H20N2O2.ClH/c15-11-14(8-4-5-9-14)16-13(17)10-18-12-6-2-1-3-7-12;/h1-3,6-7H,4-5,8-11,15H2,(H,16,17);1H. The molecule has 1 aliphatic rings. The summed E-state index contributed by atoms with van der Waals surface area (Å²) in [6.45, 7) is 0.551. The maximum absolute atomic E-state index is 11.8. The minimum atomic E-state index is -0.197. The Balaban J connectivity index is 0.00000180. The third-order valence-electron chi connectivity index (χ3n) is 3.47. The van der Waals surface area contributed by atoms with Crippen LogP contribution >= 0.6 is 12.4 Å². The summed E-state index contributed by atoms with van der Waals surface area (Å²) < 4.78 is 5.41. The van der Waals surface area contributed by atoms with Crippen molar-refractivity contribution in [3.8, 4) is 5.75 Å². The number of halogens is 1. The molecule has 1 aromatic rings. The summed E-state index contributed by atoms with van der Waals surface area (Å²) in [7, 11) is 0. The Morgan fingerprint density at radius 3 is 2.47 bits per heavy atom. The Morgan fingerprint density at radius 2 is 1.89 bits per heavy atom. The zero-order valence-electron chi connectivity index (χ0n) is 10.9. The van der Waals surface area contributed by atoms with Crippen LogP contribution in [0, 0.1) is 0 Å². The molecule has 106 valence electrons. The number of nitrogens with two attached hydrogens (primary N) is 1. The van der Waals surface area contributed by atoms with E-state index in [1.54, 1.807) is 0 Å². The number of hydrogen-bond acceptors (Lipinski definition) is 3. The van der Waals surface area contributed by atoms with Crippen molar-refractivity contribution in [2.75, 3.05) is 13.2 Å². The van der Waals surface area contributed by atoms with Crippen molar-refractivity contribution in [1.29, 1.82) is 0 Å². The molecule has 1 saturated carbocycles. The van der Waals surface area contributed by atoms with Gasteiger partial charge in [-0.15, -0.1) is 12.4 Å². The SMILES string of the molecule is Cl.NCC1(NC(=O)COc2ccccc2)CCCC1. The predicted molar refractivity (Wildman–Crippen MR) is 77.6 cm³/mol. The molecule has 0 saturated heterocycles. The minimum Gasteiger partial charge on any atom is -0.484 e. The lowest BCUT2D eigenvalue weighted by molar-refractivity contribution is -0.124. The molecule has 1 aromatic carbocycles. The largest absolute Gasteiger partial charge is 0.484 e. The van der Waals surface area contributed by atoms with E-state index >= 15 is 0 Å². The summed E-state index contributed by atoms with van der Waals surface area (Å²) in [6.07, 6.45) is 4.22. The molecule has 0 heterocycles. The number of amides is 1. The highest BCUT2D eigenvalue weighted by Gasteiger charge is 2.33. The summed E-state index contributed by atoms with van der Waals surface area (Å²) in [5.74, 6) is 0.618. The summed E-state index contributed by atoms with van der Waals surface area (Å²) in [4.78, 5) is 11.8. The highest BCUT2D eigenvalue weighted by Crippen LogP contribution is 2.28. The van der Waals surface area contributed by atoms with Crippen molar-refractivity contribution in [2.45, 2.75) is 31.2 Å². The van der Waals surface area contributed by atoms with E-state index in [9.17, 15) is 4.79 Å². The lowest BCUT2D eigenvalue weighted by atomic mass is 9.98. The molecule has 0 bridgehead atoms. The number of nitrogens with one attached hydrogen (secondary N) is 1. The van der Waals surface area contributed by atoms with Crippen LogP contribution in [-0.2, 0) is 4.79 Å². The Kier molecular flexibility index (Phi) is 6.12. The van der Waals surface area contributed by atoms with Crippen LogP contribution in [-0.4, -0.2) is 24.6 Å². The number of para-hydroxylation sites is 1. The molecule has 1 amide bonds. The van der Waals surface area contributed by atoms with Gasteiger partial charge in [0.15, 0.2) is 6.61 Å². The van der Waals surface area contributed by atoms with Crippen LogP contribution in [0.25, 0.3) is 0 Å². The fraction of sp³-hybridized carbons (Fsp3) is 0.500. The minimum absolute atomic E-state index is 0. The van der Waals surface area contributed by atoms with Crippen molar-refractivity contribution in [1.82, 2.24) is 5.32 Å². The molecule has 5 heteroatoms. The van der Waals surface area contributed by atoms with Crippen molar-refractivity contribution in [3.63, 3.8) is 0 Å². The second-order valence-corrected chi connectivity index (χ2v) is 4.84. The van der Waals surface area contributed by atoms with E-state index in [1.807, 2.05) is 30.3 Å². The lowest BCUT2D eigenvalue weighted by Gasteiger charge is -2.28. The number of rotatable bonds is 5. The first kappa shape index (κ1) is 15.8. The molecule has 0 radical (unpaired) electrons. The van der Waals surface area contributed by atoms with Gasteiger partial charge >= 0.3 is 0 Å². The molecule has 0 spiro atoms. The molecule has 2 rings (SSSR count). The van der Waals surface area contributed by atoms with Crippen molar-refractivity contribution in [3.05, 3.63) is 30.3 Å². The van der Waals surface area contributed by atoms with Crippen LogP contribution < -0.4 is 15.8 Å². The predicted octanol–water partition coefficient (Wildman–Crippen LogP) is 1.87. The molecule has 3 N–H and O–H groups in total. The Hall–Kier alpha value is -1.26. The fourth-order valence-electron chi connectivity index (χ4n) is 2.43. The monoisotopic (exact) mass is 284 g/mol. The van der Waals surface area contributed by atoms with Crippen LogP contribution in [0.3, 0.4) is 0 Å². The molecule has 0 aromatic heterocycles. The van der Waals surface area contributed by atoms with Gasteiger partial charge in [-0.2, -0.15) is 0 Å². The molecule has 0 unspecified atom stereocenters. The number of hydrogen-bond donors (Lipinski definition) is 2. The van der Waals surface area contributed by atoms with E-state index in [0.29, 0.717) is 12.3 Å². The van der Waals surface area contributed by atoms with Crippen molar-refractivity contribution < 1.29 is 9.53 Å². The third-order valence-corrected chi connectivity index (χ3v) is 3.47. The van der Waals surface area contributed by atoms with E-state index in [1.165, 1.54) is 0 Å². The van der Waals surface area contributed by atoms with Gasteiger partial charge in [0, 0.05) is 6.54 Å². The van der Waals surface area contributed by atoms with Gasteiger partial charge < -0.3 is 15.8 Å². The summed E-state index contributed by atoms with van der Waals surface area (Å²) in [6, 6.07) is 9.34. The summed E-state index contributed by atoms with van der Waals surface area (Å²) in [5, 5.41) is 3.02. The van der Waals surface area contributed by atoms with Gasteiger partial charge in [-0.05, 0) is 25.0 Å². The molecular weight excluding hydrogens is 264 g/mol. The van der Waals surface area contributed by atoms with E-state index in [-0.39, 0.29) is 30.5 Å². The first-order chi connectivity index (χ1) is 8.74. The van der Waals surface area contributed by atoms with E-state index in [2.05, 4.69) is 5.32 Å². The van der Waals surface area contributed by atoms with Gasteiger partial charge in [0.25, 0.3) is 5.91 Å². The normalized spacial score (nSPS) is 16.5. The van der Waals surface area contributed by atoms with E-state index in [4.69, 9.17) is 10.5 Å². The second kappa shape index (κ2) is 7.36. The van der Waals surface area contributed by atoms with Gasteiger partial charge in [0.2, 0.25) is 0 Å². The number of ether oxygens (including phenoxy) is 1. The molecular formula is C14H21ClN2O2. The molecule has 0 aliphatic heterocycles. The van der Waals surface area contributed by atoms with Gasteiger partial charge in [-0.25, -0.2) is 0 Å². The quantitative estimate of drug-likeness (QED) is 0.868. The van der Waals surface area contributed by atoms with E-state index < -0.39 is 0 Å². The topological polar surface area (TPSA) is 64.3 Å². The van der Waals surface area contributed by atoms with Gasteiger partial charge in [0.05, 0.1) is 5.54 Å². The fourth-order valence-corrected chi connectivity index (χ4v) is 2.43. The van der Waals surface area contributed by atoms with Crippen LogP contribution in [0.1, 0.15) is 25.7 Å². The van der Waals surface area contributed by atoms with Gasteiger partial charge in [-0.1, -0.05) is 31.0 Å². The molecule has 19 heavy (non-hydrogen) atoms. The first-order valence-corrected chi connectivity index (χ1v) is 6.43.